The molecule has 1 amide bonds. The monoisotopic (exact) mass is 426 g/mol. The van der Waals surface area contributed by atoms with Crippen LogP contribution in [0.25, 0.3) is 5.65 Å². The lowest BCUT2D eigenvalue weighted by Gasteiger charge is -2.25. The molecule has 0 aliphatic carbocycles. The molecule has 0 radical (unpaired) electrons. The molecule has 2 aliphatic heterocycles. The second-order valence-electron chi connectivity index (χ2n) is 7.39. The fourth-order valence-electron chi connectivity index (χ4n) is 3.49. The number of morpholine rings is 1. The molecule has 31 heavy (non-hydrogen) atoms. The van der Waals surface area contributed by atoms with Crippen molar-refractivity contribution in [2.24, 2.45) is 7.05 Å². The van der Waals surface area contributed by atoms with E-state index in [-0.39, 0.29) is 23.3 Å². The van der Waals surface area contributed by atoms with Crippen LogP contribution in [0.4, 0.5) is 16.4 Å². The summed E-state index contributed by atoms with van der Waals surface area (Å²) in [7, 11) is 1.61. The molecule has 162 valence electrons. The lowest BCUT2D eigenvalue weighted by molar-refractivity contribution is 0.0901. The Kier molecular flexibility index (Phi) is 5.00. The van der Waals surface area contributed by atoms with Gasteiger partial charge in [0.1, 0.15) is 5.56 Å². The molecule has 1 unspecified atom stereocenters. The number of ether oxygens (including phenoxy) is 2. The van der Waals surface area contributed by atoms with Gasteiger partial charge in [0.05, 0.1) is 37.3 Å². The highest BCUT2D eigenvalue weighted by molar-refractivity contribution is 6.03. The van der Waals surface area contributed by atoms with Crippen molar-refractivity contribution < 1.29 is 19.1 Å². The number of anilines is 2. The number of nitrogens with one attached hydrogen (secondary N) is 2. The predicted octanol–water partition coefficient (Wildman–Crippen LogP) is 0.455. The van der Waals surface area contributed by atoms with Crippen molar-refractivity contribution in [3.05, 3.63) is 30.1 Å². The number of hydrogen-bond donors (Lipinski definition) is 2. The topological polar surface area (TPSA) is 128 Å². The molecule has 3 aromatic heterocycles. The minimum atomic E-state index is -0.730. The van der Waals surface area contributed by atoms with Crippen LogP contribution in [-0.4, -0.2) is 75.1 Å². The molecule has 1 atom stereocenters. The summed E-state index contributed by atoms with van der Waals surface area (Å²) in [5, 5.41) is 14.2. The van der Waals surface area contributed by atoms with E-state index in [0.717, 1.165) is 26.1 Å². The van der Waals surface area contributed by atoms with E-state index in [1.54, 1.807) is 29.9 Å². The number of Topliss-reactive ketones (excluding diaryl/α,β-unsaturated/α-hetero) is 1. The van der Waals surface area contributed by atoms with Crippen molar-refractivity contribution in [2.45, 2.75) is 12.5 Å². The lowest BCUT2D eigenvalue weighted by atomic mass is 9.98. The van der Waals surface area contributed by atoms with Gasteiger partial charge in [0.2, 0.25) is 11.8 Å². The van der Waals surface area contributed by atoms with Gasteiger partial charge in [-0.3, -0.25) is 10.1 Å². The average molecular weight is 426 g/mol. The van der Waals surface area contributed by atoms with Crippen LogP contribution < -0.4 is 20.3 Å². The maximum atomic E-state index is 12.5. The molecular formula is C19H22N8O4. The fourth-order valence-corrected chi connectivity index (χ4v) is 3.49. The summed E-state index contributed by atoms with van der Waals surface area (Å²) in [5.41, 5.74) is 1.41. The second-order valence-corrected chi connectivity index (χ2v) is 7.39. The molecule has 0 aromatic carbocycles. The highest BCUT2D eigenvalue weighted by Crippen LogP contribution is 2.22. The first-order chi connectivity index (χ1) is 15.1. The summed E-state index contributed by atoms with van der Waals surface area (Å²) in [6, 6.07) is 3.21. The second kappa shape index (κ2) is 7.96. The molecule has 2 aliphatic rings. The lowest BCUT2D eigenvalue weighted by Crippen LogP contribution is -2.48. The maximum Gasteiger partial charge on any atom is 0.418 e. The third-order valence-electron chi connectivity index (χ3n) is 5.34. The Morgan fingerprint density at radius 1 is 1.29 bits per heavy atom. The highest BCUT2D eigenvalue weighted by atomic mass is 16.6. The number of aromatic nitrogens is 5. The number of nitrogens with zero attached hydrogens (tertiary/aromatic N) is 6. The molecule has 2 saturated heterocycles. The van der Waals surface area contributed by atoms with E-state index in [9.17, 15) is 9.59 Å². The van der Waals surface area contributed by atoms with Crippen LogP contribution in [0.15, 0.2) is 24.5 Å². The van der Waals surface area contributed by atoms with Crippen molar-refractivity contribution in [3.8, 4) is 5.88 Å². The van der Waals surface area contributed by atoms with Gasteiger partial charge in [0.15, 0.2) is 11.4 Å². The Morgan fingerprint density at radius 2 is 2.10 bits per heavy atom. The Labute approximate surface area is 177 Å². The number of ketones is 1. The van der Waals surface area contributed by atoms with Crippen molar-refractivity contribution in [2.75, 3.05) is 43.1 Å². The van der Waals surface area contributed by atoms with Gasteiger partial charge in [-0.15, -0.1) is 5.10 Å². The van der Waals surface area contributed by atoms with Crippen molar-refractivity contribution in [1.29, 1.82) is 0 Å². The van der Waals surface area contributed by atoms with Gasteiger partial charge in [-0.05, 0) is 25.1 Å². The van der Waals surface area contributed by atoms with E-state index in [2.05, 4.69) is 30.7 Å². The molecule has 0 bridgehead atoms. The highest BCUT2D eigenvalue weighted by Gasteiger charge is 2.30. The zero-order chi connectivity index (χ0) is 21.4. The molecular weight excluding hydrogens is 404 g/mol. The van der Waals surface area contributed by atoms with E-state index in [1.807, 2.05) is 0 Å². The maximum absolute atomic E-state index is 12.5. The standard InChI is InChI=1S/C19H22N8O4/c1-25-17(13(10-21-25)16(28)14-4-5-20-14)31-19(29)22-12-2-3-15-23-18(24-27(15)11-12)26-6-8-30-9-7-26/h2-3,10-11,14,20H,4-9H2,1H3,(H,22,29). The minimum absolute atomic E-state index is 0.104. The number of hydrogen-bond acceptors (Lipinski definition) is 9. The molecule has 12 nitrogen and oxygen atoms in total. The molecule has 12 heteroatoms. The Morgan fingerprint density at radius 3 is 2.84 bits per heavy atom. The Hall–Kier alpha value is -3.51. The van der Waals surface area contributed by atoms with E-state index < -0.39 is 6.09 Å². The van der Waals surface area contributed by atoms with Crippen LogP contribution >= 0.6 is 0 Å². The van der Waals surface area contributed by atoms with E-state index >= 15 is 0 Å². The predicted molar refractivity (Wildman–Crippen MR) is 110 cm³/mol. The van der Waals surface area contributed by atoms with Crippen LogP contribution in [0, 0.1) is 0 Å². The zero-order valence-electron chi connectivity index (χ0n) is 16.9. The van der Waals surface area contributed by atoms with Crippen LogP contribution in [0.5, 0.6) is 5.88 Å². The van der Waals surface area contributed by atoms with Crippen LogP contribution in [-0.2, 0) is 11.8 Å². The molecule has 2 fully saturated rings. The third-order valence-corrected chi connectivity index (χ3v) is 5.34. The summed E-state index contributed by atoms with van der Waals surface area (Å²) in [4.78, 5) is 31.6. The first kappa shape index (κ1) is 19.5. The molecule has 2 N–H and O–H groups in total. The van der Waals surface area contributed by atoms with Gasteiger partial charge in [-0.1, -0.05) is 0 Å². The Balaban J connectivity index is 1.29. The SMILES string of the molecule is Cn1ncc(C(=O)C2CCN2)c1OC(=O)Nc1ccc2nc(N3CCOCC3)nn2c1. The summed E-state index contributed by atoms with van der Waals surface area (Å²) >= 11 is 0. The first-order valence-corrected chi connectivity index (χ1v) is 10.1. The number of fused-ring (bicyclic) bond motifs is 1. The van der Waals surface area contributed by atoms with E-state index in [0.29, 0.717) is 30.5 Å². The number of rotatable bonds is 5. The summed E-state index contributed by atoms with van der Waals surface area (Å²) in [6.45, 7) is 3.55. The molecule has 3 aromatic rings. The van der Waals surface area contributed by atoms with Gasteiger partial charge in [-0.2, -0.15) is 10.1 Å². The van der Waals surface area contributed by atoms with Gasteiger partial charge in [0.25, 0.3) is 0 Å². The first-order valence-electron chi connectivity index (χ1n) is 10.1. The largest absolute Gasteiger partial charge is 0.418 e. The Bertz CT molecular complexity index is 1130. The van der Waals surface area contributed by atoms with Crippen molar-refractivity contribution >= 4 is 29.2 Å². The average Bonchev–Trinajstić information content (AvgIpc) is 3.31. The molecule has 5 rings (SSSR count). The number of aryl methyl sites for hydroxylation is 1. The molecule has 5 heterocycles. The fraction of sp³-hybridized carbons (Fsp3) is 0.421. The smallest absolute Gasteiger partial charge is 0.390 e. The van der Waals surface area contributed by atoms with Crippen LogP contribution in [0.1, 0.15) is 16.8 Å². The quantitative estimate of drug-likeness (QED) is 0.559. The van der Waals surface area contributed by atoms with Crippen LogP contribution in [0.3, 0.4) is 0 Å². The van der Waals surface area contributed by atoms with Gasteiger partial charge < -0.3 is 19.7 Å². The van der Waals surface area contributed by atoms with Crippen molar-refractivity contribution in [1.82, 2.24) is 29.7 Å². The third kappa shape index (κ3) is 3.82. The minimum Gasteiger partial charge on any atom is -0.390 e. The van der Waals surface area contributed by atoms with Gasteiger partial charge in [0, 0.05) is 20.1 Å². The normalized spacial score (nSPS) is 18.6. The summed E-state index contributed by atoms with van der Waals surface area (Å²) in [6.07, 6.45) is 3.09. The van der Waals surface area contributed by atoms with Crippen molar-refractivity contribution in [3.63, 3.8) is 0 Å². The summed E-state index contributed by atoms with van der Waals surface area (Å²) < 4.78 is 13.7. The number of carbonyl (C=O) groups is 2. The number of amides is 1. The zero-order valence-corrected chi connectivity index (χ0v) is 16.9. The van der Waals surface area contributed by atoms with E-state index in [1.165, 1.54) is 10.9 Å². The number of carbonyl (C=O) groups excluding carboxylic acids is 2. The van der Waals surface area contributed by atoms with Gasteiger partial charge >= 0.3 is 6.09 Å². The van der Waals surface area contributed by atoms with E-state index in [4.69, 9.17) is 9.47 Å². The van der Waals surface area contributed by atoms with Gasteiger partial charge in [-0.25, -0.2) is 14.0 Å². The summed E-state index contributed by atoms with van der Waals surface area (Å²) in [5.74, 6) is 0.583. The number of pyridine rings is 1. The molecule has 0 spiro atoms. The molecule has 0 saturated carbocycles. The van der Waals surface area contributed by atoms with Crippen LogP contribution in [0.2, 0.25) is 0 Å².